The van der Waals surface area contributed by atoms with Crippen LogP contribution in [0.25, 0.3) is 0 Å². The van der Waals surface area contributed by atoms with E-state index in [1.165, 1.54) is 12.8 Å². The number of aromatic nitrogens is 3. The van der Waals surface area contributed by atoms with Gasteiger partial charge in [0.1, 0.15) is 6.61 Å². The molecule has 2 N–H and O–H groups in total. The van der Waals surface area contributed by atoms with Crippen molar-refractivity contribution >= 4 is 11.9 Å². The highest BCUT2D eigenvalue weighted by Crippen LogP contribution is 2.15. The summed E-state index contributed by atoms with van der Waals surface area (Å²) in [6.45, 7) is 6.66. The van der Waals surface area contributed by atoms with Crippen LogP contribution in [-0.2, 0) is 4.74 Å². The molecule has 116 valence electrons. The monoisotopic (exact) mass is 294 g/mol. The molecule has 0 saturated carbocycles. The Morgan fingerprint density at radius 2 is 1.81 bits per heavy atom. The van der Waals surface area contributed by atoms with E-state index in [4.69, 9.17) is 15.2 Å². The Bertz CT molecular complexity index is 460. The molecular weight excluding hydrogens is 272 g/mol. The second-order valence-corrected chi connectivity index (χ2v) is 5.27. The number of likely N-dealkylation sites (tertiary alicyclic amines) is 1. The van der Waals surface area contributed by atoms with Crippen LogP contribution in [0, 0.1) is 0 Å². The average molecular weight is 294 g/mol. The van der Waals surface area contributed by atoms with Gasteiger partial charge in [0, 0.05) is 19.6 Å². The summed E-state index contributed by atoms with van der Waals surface area (Å²) in [5, 5.41) is 0. The minimum Gasteiger partial charge on any atom is -0.462 e. The Morgan fingerprint density at radius 1 is 1.05 bits per heavy atom. The first-order valence-corrected chi connectivity index (χ1v) is 7.51. The van der Waals surface area contributed by atoms with E-state index < -0.39 is 0 Å². The van der Waals surface area contributed by atoms with Crippen LogP contribution in [0.3, 0.4) is 0 Å². The molecule has 0 aliphatic carbocycles. The van der Waals surface area contributed by atoms with Crippen molar-refractivity contribution in [2.24, 2.45) is 0 Å². The van der Waals surface area contributed by atoms with Crippen molar-refractivity contribution in [2.45, 2.75) is 12.8 Å². The summed E-state index contributed by atoms with van der Waals surface area (Å²) in [4.78, 5) is 17.0. The minimum absolute atomic E-state index is 0.197. The number of nitrogen functional groups attached to an aromatic ring is 1. The summed E-state index contributed by atoms with van der Waals surface area (Å²) in [6.07, 6.45) is 2.56. The first kappa shape index (κ1) is 14.3. The summed E-state index contributed by atoms with van der Waals surface area (Å²) in [5.41, 5.74) is 5.75. The van der Waals surface area contributed by atoms with Gasteiger partial charge in [0.05, 0.1) is 13.2 Å². The van der Waals surface area contributed by atoms with Crippen molar-refractivity contribution < 1.29 is 9.47 Å². The Hall–Kier alpha value is -1.67. The van der Waals surface area contributed by atoms with Gasteiger partial charge in [-0.15, -0.1) is 0 Å². The van der Waals surface area contributed by atoms with Crippen LogP contribution in [0.1, 0.15) is 12.8 Å². The maximum Gasteiger partial charge on any atom is 0.323 e. The first-order chi connectivity index (χ1) is 10.3. The van der Waals surface area contributed by atoms with Gasteiger partial charge in [-0.05, 0) is 25.9 Å². The van der Waals surface area contributed by atoms with Crippen LogP contribution >= 0.6 is 0 Å². The average Bonchev–Trinajstić information content (AvgIpc) is 3.01. The maximum absolute atomic E-state index is 5.75. The number of hydrogen-bond donors (Lipinski definition) is 1. The molecule has 0 bridgehead atoms. The van der Waals surface area contributed by atoms with Crippen molar-refractivity contribution in [3.05, 3.63) is 0 Å². The molecule has 0 unspecified atom stereocenters. The van der Waals surface area contributed by atoms with E-state index in [0.29, 0.717) is 31.8 Å². The van der Waals surface area contributed by atoms with Crippen LogP contribution < -0.4 is 15.4 Å². The standard InChI is InChI=1S/C13H22N6O2/c14-11-15-12(19-6-8-20-9-7-19)17-13(16-11)21-10-5-18-3-1-2-4-18/h1-10H2,(H2,14,15,16,17). The van der Waals surface area contributed by atoms with Gasteiger partial charge in [-0.1, -0.05) is 0 Å². The number of nitrogens with zero attached hydrogens (tertiary/aromatic N) is 5. The second-order valence-electron chi connectivity index (χ2n) is 5.27. The molecular formula is C13H22N6O2. The number of ether oxygens (including phenoxy) is 2. The van der Waals surface area contributed by atoms with Crippen molar-refractivity contribution in [3.63, 3.8) is 0 Å². The molecule has 8 heteroatoms. The van der Waals surface area contributed by atoms with E-state index in [0.717, 1.165) is 32.7 Å². The van der Waals surface area contributed by atoms with Crippen LogP contribution in [0.2, 0.25) is 0 Å². The van der Waals surface area contributed by atoms with Gasteiger partial charge in [0.15, 0.2) is 0 Å². The molecule has 0 radical (unpaired) electrons. The predicted molar refractivity (Wildman–Crippen MR) is 78.4 cm³/mol. The molecule has 3 rings (SSSR count). The summed E-state index contributed by atoms with van der Waals surface area (Å²) in [7, 11) is 0. The van der Waals surface area contributed by atoms with Gasteiger partial charge >= 0.3 is 6.01 Å². The lowest BCUT2D eigenvalue weighted by Gasteiger charge is -2.26. The van der Waals surface area contributed by atoms with E-state index in [1.54, 1.807) is 0 Å². The van der Waals surface area contributed by atoms with E-state index >= 15 is 0 Å². The molecule has 0 aromatic carbocycles. The third kappa shape index (κ3) is 3.92. The number of rotatable bonds is 5. The van der Waals surface area contributed by atoms with Crippen molar-refractivity contribution in [1.29, 1.82) is 0 Å². The lowest BCUT2D eigenvalue weighted by molar-refractivity contribution is 0.122. The molecule has 21 heavy (non-hydrogen) atoms. The minimum atomic E-state index is 0.197. The molecule has 2 saturated heterocycles. The molecule has 0 spiro atoms. The zero-order chi connectivity index (χ0) is 14.5. The molecule has 1 aromatic heterocycles. The van der Waals surface area contributed by atoms with Gasteiger partial charge in [-0.2, -0.15) is 15.0 Å². The lowest BCUT2D eigenvalue weighted by Crippen LogP contribution is -2.37. The fraction of sp³-hybridized carbons (Fsp3) is 0.769. The molecule has 3 heterocycles. The Balaban J connectivity index is 1.57. The topological polar surface area (TPSA) is 89.6 Å². The second kappa shape index (κ2) is 6.86. The Kier molecular flexibility index (Phi) is 4.66. The maximum atomic E-state index is 5.75. The summed E-state index contributed by atoms with van der Waals surface area (Å²) in [6, 6.07) is 0.309. The van der Waals surface area contributed by atoms with Crippen LogP contribution in [0.15, 0.2) is 0 Å². The molecule has 2 aliphatic heterocycles. The van der Waals surface area contributed by atoms with E-state index in [9.17, 15) is 0 Å². The van der Waals surface area contributed by atoms with Crippen LogP contribution in [0.4, 0.5) is 11.9 Å². The third-order valence-electron chi connectivity index (χ3n) is 3.75. The zero-order valence-electron chi connectivity index (χ0n) is 12.2. The highest BCUT2D eigenvalue weighted by Gasteiger charge is 2.17. The zero-order valence-corrected chi connectivity index (χ0v) is 12.2. The van der Waals surface area contributed by atoms with Crippen molar-refractivity contribution in [3.8, 4) is 6.01 Å². The number of morpholine rings is 1. The lowest BCUT2D eigenvalue weighted by atomic mass is 10.4. The highest BCUT2D eigenvalue weighted by molar-refractivity contribution is 5.36. The quantitative estimate of drug-likeness (QED) is 0.796. The highest BCUT2D eigenvalue weighted by atomic mass is 16.5. The summed E-state index contributed by atoms with van der Waals surface area (Å²) < 4.78 is 11.0. The fourth-order valence-electron chi connectivity index (χ4n) is 2.60. The number of nitrogens with two attached hydrogens (primary N) is 1. The number of hydrogen-bond acceptors (Lipinski definition) is 8. The summed E-state index contributed by atoms with van der Waals surface area (Å²) in [5.74, 6) is 0.768. The smallest absolute Gasteiger partial charge is 0.323 e. The fourth-order valence-corrected chi connectivity index (χ4v) is 2.60. The molecule has 2 fully saturated rings. The molecule has 8 nitrogen and oxygen atoms in total. The van der Waals surface area contributed by atoms with Crippen LogP contribution in [-0.4, -0.2) is 72.4 Å². The molecule has 1 aromatic rings. The Labute approximate surface area is 124 Å². The van der Waals surface area contributed by atoms with Gasteiger partial charge in [0.2, 0.25) is 11.9 Å². The van der Waals surface area contributed by atoms with Gasteiger partial charge in [-0.25, -0.2) is 0 Å². The van der Waals surface area contributed by atoms with Gasteiger partial charge in [-0.3, -0.25) is 4.90 Å². The van der Waals surface area contributed by atoms with Crippen LogP contribution in [0.5, 0.6) is 6.01 Å². The molecule has 0 amide bonds. The van der Waals surface area contributed by atoms with Gasteiger partial charge < -0.3 is 20.1 Å². The van der Waals surface area contributed by atoms with Crippen molar-refractivity contribution in [1.82, 2.24) is 19.9 Å². The van der Waals surface area contributed by atoms with E-state index in [1.807, 2.05) is 4.90 Å². The third-order valence-corrected chi connectivity index (χ3v) is 3.75. The predicted octanol–water partition coefficient (Wildman–Crippen LogP) is -0.235. The van der Waals surface area contributed by atoms with Crippen molar-refractivity contribution in [2.75, 3.05) is 63.2 Å². The summed E-state index contributed by atoms with van der Waals surface area (Å²) >= 11 is 0. The van der Waals surface area contributed by atoms with E-state index in [2.05, 4.69) is 19.9 Å². The SMILES string of the molecule is Nc1nc(OCCN2CCCC2)nc(N2CCOCC2)n1. The Morgan fingerprint density at radius 3 is 2.57 bits per heavy atom. The molecule has 0 atom stereocenters. The van der Waals surface area contributed by atoms with E-state index in [-0.39, 0.29) is 5.95 Å². The first-order valence-electron chi connectivity index (χ1n) is 7.51. The largest absolute Gasteiger partial charge is 0.462 e. The van der Waals surface area contributed by atoms with Gasteiger partial charge in [0.25, 0.3) is 0 Å². The normalized spacial score (nSPS) is 19.9. The number of anilines is 2. The molecule has 2 aliphatic rings.